The van der Waals surface area contributed by atoms with E-state index in [1.165, 1.54) is 6.42 Å². The molecule has 1 aromatic heterocycles. The van der Waals surface area contributed by atoms with Gasteiger partial charge in [-0.1, -0.05) is 23.7 Å². The number of furan rings is 1. The SMILES string of the molecule is O=C(CCC1CCNC1)c1cc2cccc(Cl)c2o1. The summed E-state index contributed by atoms with van der Waals surface area (Å²) in [6, 6.07) is 7.32. The van der Waals surface area contributed by atoms with Gasteiger partial charge in [0.1, 0.15) is 0 Å². The Labute approximate surface area is 116 Å². The average Bonchev–Trinajstić information content (AvgIpc) is 3.05. The van der Waals surface area contributed by atoms with Gasteiger partial charge < -0.3 is 9.73 Å². The Morgan fingerprint density at radius 3 is 3.11 bits per heavy atom. The van der Waals surface area contributed by atoms with E-state index in [-0.39, 0.29) is 5.78 Å². The molecule has 0 spiro atoms. The summed E-state index contributed by atoms with van der Waals surface area (Å²) in [4.78, 5) is 12.1. The molecule has 0 amide bonds. The average molecular weight is 278 g/mol. The first-order chi connectivity index (χ1) is 9.24. The Hall–Kier alpha value is -1.32. The van der Waals surface area contributed by atoms with Gasteiger partial charge in [-0.2, -0.15) is 0 Å². The predicted octanol–water partition coefficient (Wildman–Crippen LogP) is 3.66. The molecule has 1 aliphatic heterocycles. The van der Waals surface area contributed by atoms with Crippen LogP contribution in [0, 0.1) is 5.92 Å². The largest absolute Gasteiger partial charge is 0.451 e. The van der Waals surface area contributed by atoms with Crippen molar-refractivity contribution in [3.63, 3.8) is 0 Å². The maximum Gasteiger partial charge on any atom is 0.198 e. The highest BCUT2D eigenvalue weighted by Crippen LogP contribution is 2.27. The Balaban J connectivity index is 1.72. The fraction of sp³-hybridized carbons (Fsp3) is 0.400. The first kappa shape index (κ1) is 12.7. The van der Waals surface area contributed by atoms with Crippen LogP contribution in [0.2, 0.25) is 5.02 Å². The van der Waals surface area contributed by atoms with Crippen LogP contribution in [0.25, 0.3) is 11.0 Å². The van der Waals surface area contributed by atoms with E-state index in [0.717, 1.165) is 24.9 Å². The number of para-hydroxylation sites is 1. The molecular formula is C15H16ClNO2. The van der Waals surface area contributed by atoms with Crippen LogP contribution < -0.4 is 5.32 Å². The van der Waals surface area contributed by atoms with Gasteiger partial charge in [0.25, 0.3) is 0 Å². The normalized spacial score (nSPS) is 19.1. The minimum Gasteiger partial charge on any atom is -0.451 e. The van der Waals surface area contributed by atoms with E-state index in [4.69, 9.17) is 16.0 Å². The lowest BCUT2D eigenvalue weighted by Gasteiger charge is -2.05. The first-order valence-corrected chi connectivity index (χ1v) is 7.04. The van der Waals surface area contributed by atoms with Crippen LogP contribution in [0.3, 0.4) is 0 Å². The van der Waals surface area contributed by atoms with E-state index in [1.807, 2.05) is 12.1 Å². The molecule has 4 heteroatoms. The molecule has 2 aromatic rings. The summed E-state index contributed by atoms with van der Waals surface area (Å²) in [5.41, 5.74) is 0.607. The van der Waals surface area contributed by atoms with Gasteiger partial charge in [-0.15, -0.1) is 0 Å². The summed E-state index contributed by atoms with van der Waals surface area (Å²) < 4.78 is 5.58. The fourth-order valence-corrected chi connectivity index (χ4v) is 2.80. The van der Waals surface area contributed by atoms with Gasteiger partial charge in [0.2, 0.25) is 0 Å². The maximum absolute atomic E-state index is 12.1. The van der Waals surface area contributed by atoms with Crippen LogP contribution in [0.15, 0.2) is 28.7 Å². The first-order valence-electron chi connectivity index (χ1n) is 6.66. The molecule has 1 saturated heterocycles. The summed E-state index contributed by atoms with van der Waals surface area (Å²) >= 11 is 6.04. The molecule has 0 saturated carbocycles. The zero-order valence-corrected chi connectivity index (χ0v) is 11.4. The third-order valence-corrected chi connectivity index (χ3v) is 4.01. The van der Waals surface area contributed by atoms with E-state index in [2.05, 4.69) is 5.32 Å². The molecule has 1 fully saturated rings. The van der Waals surface area contributed by atoms with Crippen LogP contribution in [-0.2, 0) is 0 Å². The predicted molar refractivity (Wildman–Crippen MR) is 75.8 cm³/mol. The van der Waals surface area contributed by atoms with E-state index < -0.39 is 0 Å². The fourth-order valence-electron chi connectivity index (χ4n) is 2.58. The molecule has 3 nitrogen and oxygen atoms in total. The second-order valence-corrected chi connectivity index (χ2v) is 5.50. The van der Waals surface area contributed by atoms with Gasteiger partial charge in [-0.3, -0.25) is 4.79 Å². The van der Waals surface area contributed by atoms with Crippen molar-refractivity contribution in [2.75, 3.05) is 13.1 Å². The molecule has 100 valence electrons. The third kappa shape index (κ3) is 2.67. The quantitative estimate of drug-likeness (QED) is 0.867. The number of carbonyl (C=O) groups is 1. The van der Waals surface area contributed by atoms with Crippen LogP contribution >= 0.6 is 11.6 Å². The van der Waals surface area contributed by atoms with E-state index in [1.54, 1.807) is 12.1 Å². The lowest BCUT2D eigenvalue weighted by Crippen LogP contribution is -2.10. The third-order valence-electron chi connectivity index (χ3n) is 3.71. The van der Waals surface area contributed by atoms with Gasteiger partial charge in [-0.25, -0.2) is 0 Å². The van der Waals surface area contributed by atoms with Crippen LogP contribution in [-0.4, -0.2) is 18.9 Å². The van der Waals surface area contributed by atoms with Gasteiger partial charge in [0, 0.05) is 11.8 Å². The number of carbonyl (C=O) groups excluding carboxylic acids is 1. The summed E-state index contributed by atoms with van der Waals surface area (Å²) in [6.45, 7) is 2.10. The Morgan fingerprint density at radius 1 is 1.47 bits per heavy atom. The van der Waals surface area contributed by atoms with Crippen molar-refractivity contribution < 1.29 is 9.21 Å². The zero-order chi connectivity index (χ0) is 13.2. The highest BCUT2D eigenvalue weighted by atomic mass is 35.5. The van der Waals surface area contributed by atoms with E-state index in [0.29, 0.717) is 28.7 Å². The number of hydrogen-bond donors (Lipinski definition) is 1. The molecule has 0 bridgehead atoms. The molecule has 0 radical (unpaired) electrons. The molecule has 0 aliphatic carbocycles. The molecule has 1 aromatic carbocycles. The van der Waals surface area contributed by atoms with E-state index >= 15 is 0 Å². The summed E-state index contributed by atoms with van der Waals surface area (Å²) in [5.74, 6) is 1.12. The topological polar surface area (TPSA) is 42.2 Å². The minimum atomic E-state index is 0.0687. The molecule has 3 rings (SSSR count). The number of nitrogens with one attached hydrogen (secondary N) is 1. The molecule has 1 atom stereocenters. The molecule has 1 N–H and O–H groups in total. The summed E-state index contributed by atoms with van der Waals surface area (Å²) in [5, 5.41) is 4.75. The number of ketones is 1. The smallest absolute Gasteiger partial charge is 0.198 e. The number of benzene rings is 1. The summed E-state index contributed by atoms with van der Waals surface area (Å²) in [6.07, 6.45) is 2.64. The van der Waals surface area contributed by atoms with Crippen LogP contribution in [0.1, 0.15) is 29.8 Å². The number of fused-ring (bicyclic) bond motifs is 1. The van der Waals surface area contributed by atoms with Crippen molar-refractivity contribution in [3.8, 4) is 0 Å². The standard InChI is InChI=1S/C15H16ClNO2/c16-12-3-1-2-11-8-14(19-15(11)12)13(18)5-4-10-6-7-17-9-10/h1-3,8,10,17H,4-7,9H2. The zero-order valence-electron chi connectivity index (χ0n) is 10.6. The van der Waals surface area contributed by atoms with Crippen molar-refractivity contribution in [1.82, 2.24) is 5.32 Å². The van der Waals surface area contributed by atoms with Crippen molar-refractivity contribution in [2.24, 2.45) is 5.92 Å². The lowest BCUT2D eigenvalue weighted by molar-refractivity contribution is 0.0950. The number of Topliss-reactive ketones (excluding diaryl/α,β-unsaturated/α-hetero) is 1. The highest BCUT2D eigenvalue weighted by molar-refractivity contribution is 6.34. The molecule has 1 unspecified atom stereocenters. The monoisotopic (exact) mass is 277 g/mol. The highest BCUT2D eigenvalue weighted by Gasteiger charge is 2.18. The van der Waals surface area contributed by atoms with Crippen molar-refractivity contribution >= 4 is 28.4 Å². The Bertz CT molecular complexity index is 599. The Morgan fingerprint density at radius 2 is 2.37 bits per heavy atom. The van der Waals surface area contributed by atoms with Crippen LogP contribution in [0.4, 0.5) is 0 Å². The minimum absolute atomic E-state index is 0.0687. The number of rotatable bonds is 4. The molecule has 19 heavy (non-hydrogen) atoms. The maximum atomic E-state index is 12.1. The number of hydrogen-bond acceptors (Lipinski definition) is 3. The summed E-state index contributed by atoms with van der Waals surface area (Å²) in [7, 11) is 0. The Kier molecular flexibility index (Phi) is 3.58. The van der Waals surface area contributed by atoms with Gasteiger partial charge in [0.15, 0.2) is 17.1 Å². The number of halogens is 1. The van der Waals surface area contributed by atoms with Gasteiger partial charge in [0.05, 0.1) is 5.02 Å². The molecule has 1 aliphatic rings. The molecule has 2 heterocycles. The second kappa shape index (κ2) is 5.35. The molecular weight excluding hydrogens is 262 g/mol. The van der Waals surface area contributed by atoms with Gasteiger partial charge in [-0.05, 0) is 44.0 Å². The van der Waals surface area contributed by atoms with E-state index in [9.17, 15) is 4.79 Å². The van der Waals surface area contributed by atoms with Crippen molar-refractivity contribution in [2.45, 2.75) is 19.3 Å². The lowest BCUT2D eigenvalue weighted by atomic mass is 10.0. The van der Waals surface area contributed by atoms with Crippen molar-refractivity contribution in [3.05, 3.63) is 35.0 Å². The van der Waals surface area contributed by atoms with Gasteiger partial charge >= 0.3 is 0 Å². The van der Waals surface area contributed by atoms with Crippen molar-refractivity contribution in [1.29, 1.82) is 0 Å². The van der Waals surface area contributed by atoms with Crippen LogP contribution in [0.5, 0.6) is 0 Å². The second-order valence-electron chi connectivity index (χ2n) is 5.09.